The van der Waals surface area contributed by atoms with Crippen LogP contribution in [0.5, 0.6) is 0 Å². The van der Waals surface area contributed by atoms with E-state index in [0.29, 0.717) is 39.6 Å². The van der Waals surface area contributed by atoms with E-state index in [1.54, 1.807) is 28.4 Å². The lowest BCUT2D eigenvalue weighted by Gasteiger charge is -2.46. The highest BCUT2D eigenvalue weighted by atomic mass is 16.7. The molecular weight excluding hydrogens is 384 g/mol. The van der Waals surface area contributed by atoms with Gasteiger partial charge in [0.15, 0.2) is 6.29 Å². The standard InChI is InChI=1S/C20H40O9/c1-8-25-13-14(26-9-2)15(11-21-4)28-20-19(24-7)18(27-10-3)17(23-6)16(29-20)12-22-5/h14-20H,8-13H2,1-7H3. The number of hydrogen-bond donors (Lipinski definition) is 0. The molecule has 0 radical (unpaired) electrons. The summed E-state index contributed by atoms with van der Waals surface area (Å²) in [6.07, 6.45) is -3.05. The monoisotopic (exact) mass is 424 g/mol. The third-order valence-corrected chi connectivity index (χ3v) is 4.75. The fourth-order valence-electron chi connectivity index (χ4n) is 3.48. The van der Waals surface area contributed by atoms with Gasteiger partial charge >= 0.3 is 0 Å². The molecule has 29 heavy (non-hydrogen) atoms. The Labute approximate surface area is 175 Å². The summed E-state index contributed by atoms with van der Waals surface area (Å²) in [5, 5.41) is 0. The van der Waals surface area contributed by atoms with Crippen LogP contribution in [0.15, 0.2) is 0 Å². The SMILES string of the molecule is CCOCC(OCC)C(COC)OC1OC(COC)C(OC)C(OCC)C1OC. The van der Waals surface area contributed by atoms with Gasteiger partial charge in [0.1, 0.15) is 36.6 Å². The molecule has 1 rings (SSSR count). The van der Waals surface area contributed by atoms with Gasteiger partial charge in [-0.1, -0.05) is 0 Å². The van der Waals surface area contributed by atoms with Crippen molar-refractivity contribution in [2.24, 2.45) is 0 Å². The number of methoxy groups -OCH3 is 4. The summed E-state index contributed by atoms with van der Waals surface area (Å²) in [5.74, 6) is 0. The molecule has 0 saturated carbocycles. The number of rotatable bonds is 16. The quantitative estimate of drug-likeness (QED) is 0.364. The largest absolute Gasteiger partial charge is 0.382 e. The lowest BCUT2D eigenvalue weighted by molar-refractivity contribution is -0.333. The van der Waals surface area contributed by atoms with Gasteiger partial charge in [0, 0.05) is 48.3 Å². The van der Waals surface area contributed by atoms with Gasteiger partial charge in [-0.3, -0.25) is 0 Å². The van der Waals surface area contributed by atoms with Crippen molar-refractivity contribution in [3.63, 3.8) is 0 Å². The Balaban J connectivity index is 3.06. The van der Waals surface area contributed by atoms with Crippen LogP contribution >= 0.6 is 0 Å². The van der Waals surface area contributed by atoms with Crippen LogP contribution in [0.3, 0.4) is 0 Å². The summed E-state index contributed by atoms with van der Waals surface area (Å²) in [6, 6.07) is 0. The van der Waals surface area contributed by atoms with E-state index in [-0.39, 0.29) is 24.4 Å². The third kappa shape index (κ3) is 8.01. The zero-order valence-corrected chi connectivity index (χ0v) is 19.0. The van der Waals surface area contributed by atoms with E-state index in [2.05, 4.69) is 0 Å². The first-order valence-corrected chi connectivity index (χ1v) is 10.3. The minimum absolute atomic E-state index is 0.312. The maximum atomic E-state index is 6.32. The molecule has 0 aromatic carbocycles. The van der Waals surface area contributed by atoms with Crippen molar-refractivity contribution in [1.29, 1.82) is 0 Å². The summed E-state index contributed by atoms with van der Waals surface area (Å²) in [6.45, 7) is 8.45. The van der Waals surface area contributed by atoms with Gasteiger partial charge in [0.05, 0.1) is 19.8 Å². The van der Waals surface area contributed by atoms with Crippen LogP contribution in [0, 0.1) is 0 Å². The van der Waals surface area contributed by atoms with Gasteiger partial charge in [-0.15, -0.1) is 0 Å². The van der Waals surface area contributed by atoms with Crippen molar-refractivity contribution in [3.05, 3.63) is 0 Å². The second-order valence-corrected chi connectivity index (χ2v) is 6.60. The molecule has 0 aliphatic carbocycles. The van der Waals surface area contributed by atoms with Crippen LogP contribution in [0.25, 0.3) is 0 Å². The maximum absolute atomic E-state index is 6.32. The van der Waals surface area contributed by atoms with Gasteiger partial charge in [-0.2, -0.15) is 0 Å². The van der Waals surface area contributed by atoms with E-state index in [4.69, 9.17) is 42.6 Å². The molecule has 0 spiro atoms. The van der Waals surface area contributed by atoms with Gasteiger partial charge in [0.25, 0.3) is 0 Å². The Kier molecular flexibility index (Phi) is 14.2. The molecule has 0 aromatic heterocycles. The first kappa shape index (κ1) is 26.7. The van der Waals surface area contributed by atoms with Gasteiger partial charge < -0.3 is 42.6 Å². The lowest BCUT2D eigenvalue weighted by atomic mass is 9.98. The second kappa shape index (κ2) is 15.4. The first-order valence-electron chi connectivity index (χ1n) is 10.3. The molecule has 1 aliphatic heterocycles. The molecule has 0 amide bonds. The lowest BCUT2D eigenvalue weighted by Crippen LogP contribution is -2.62. The molecule has 0 aromatic rings. The highest BCUT2D eigenvalue weighted by Crippen LogP contribution is 2.29. The Morgan fingerprint density at radius 1 is 0.759 bits per heavy atom. The smallest absolute Gasteiger partial charge is 0.187 e. The zero-order chi connectivity index (χ0) is 21.6. The summed E-state index contributed by atoms with van der Waals surface area (Å²) in [7, 11) is 6.46. The fraction of sp³-hybridized carbons (Fsp3) is 1.00. The molecule has 9 heteroatoms. The third-order valence-electron chi connectivity index (χ3n) is 4.75. The van der Waals surface area contributed by atoms with Crippen molar-refractivity contribution in [2.75, 3.05) is 68.1 Å². The minimum atomic E-state index is -0.715. The zero-order valence-electron chi connectivity index (χ0n) is 19.0. The molecule has 174 valence electrons. The van der Waals surface area contributed by atoms with E-state index in [0.717, 1.165) is 0 Å². The van der Waals surface area contributed by atoms with Crippen LogP contribution in [0.1, 0.15) is 20.8 Å². The first-order chi connectivity index (χ1) is 14.1. The highest BCUT2D eigenvalue weighted by Gasteiger charge is 2.49. The fourth-order valence-corrected chi connectivity index (χ4v) is 3.48. The average molecular weight is 425 g/mol. The predicted molar refractivity (Wildman–Crippen MR) is 106 cm³/mol. The molecule has 0 bridgehead atoms. The molecular formula is C20H40O9. The molecule has 9 nitrogen and oxygen atoms in total. The van der Waals surface area contributed by atoms with Crippen LogP contribution in [0.2, 0.25) is 0 Å². The van der Waals surface area contributed by atoms with Crippen molar-refractivity contribution in [3.8, 4) is 0 Å². The molecule has 7 atom stereocenters. The minimum Gasteiger partial charge on any atom is -0.382 e. The van der Waals surface area contributed by atoms with E-state index >= 15 is 0 Å². The van der Waals surface area contributed by atoms with E-state index < -0.39 is 18.5 Å². The van der Waals surface area contributed by atoms with Crippen LogP contribution < -0.4 is 0 Å². The summed E-state index contributed by atoms with van der Waals surface area (Å²) in [5.41, 5.74) is 0. The van der Waals surface area contributed by atoms with Crippen LogP contribution in [0.4, 0.5) is 0 Å². The maximum Gasteiger partial charge on any atom is 0.187 e. The highest BCUT2D eigenvalue weighted by molar-refractivity contribution is 4.93. The summed E-state index contributed by atoms with van der Waals surface area (Å²) >= 11 is 0. The van der Waals surface area contributed by atoms with E-state index in [1.807, 2.05) is 20.8 Å². The Hall–Kier alpha value is -0.360. The molecule has 1 saturated heterocycles. The van der Waals surface area contributed by atoms with Crippen molar-refractivity contribution >= 4 is 0 Å². The van der Waals surface area contributed by atoms with Crippen molar-refractivity contribution < 1.29 is 42.6 Å². The van der Waals surface area contributed by atoms with E-state index in [9.17, 15) is 0 Å². The molecule has 1 aliphatic rings. The molecule has 7 unspecified atom stereocenters. The Bertz CT molecular complexity index is 398. The van der Waals surface area contributed by atoms with Crippen molar-refractivity contribution in [1.82, 2.24) is 0 Å². The molecule has 1 fully saturated rings. The van der Waals surface area contributed by atoms with E-state index in [1.165, 1.54) is 0 Å². The second-order valence-electron chi connectivity index (χ2n) is 6.60. The predicted octanol–water partition coefficient (Wildman–Crippen LogP) is 1.27. The molecule has 1 heterocycles. The molecule has 0 N–H and O–H groups in total. The topological polar surface area (TPSA) is 83.1 Å². The van der Waals surface area contributed by atoms with Crippen LogP contribution in [-0.2, 0) is 42.6 Å². The van der Waals surface area contributed by atoms with Crippen molar-refractivity contribution in [2.45, 2.75) is 63.7 Å². The van der Waals surface area contributed by atoms with Gasteiger partial charge in [-0.25, -0.2) is 0 Å². The summed E-state index contributed by atoms with van der Waals surface area (Å²) in [4.78, 5) is 0. The van der Waals surface area contributed by atoms with Gasteiger partial charge in [-0.05, 0) is 20.8 Å². The summed E-state index contributed by atoms with van der Waals surface area (Å²) < 4.78 is 52.0. The average Bonchev–Trinajstić information content (AvgIpc) is 2.71. The Morgan fingerprint density at radius 2 is 1.48 bits per heavy atom. The van der Waals surface area contributed by atoms with Gasteiger partial charge in [0.2, 0.25) is 0 Å². The number of ether oxygens (including phenoxy) is 9. The normalized spacial score (nSPS) is 29.7. The van der Waals surface area contributed by atoms with Crippen LogP contribution in [-0.4, -0.2) is 111 Å². The Morgan fingerprint density at radius 3 is 2.00 bits per heavy atom. The number of hydrogen-bond acceptors (Lipinski definition) is 9.